The van der Waals surface area contributed by atoms with Crippen LogP contribution in [0, 0.1) is 11.7 Å². The third kappa shape index (κ3) is 8.43. The van der Waals surface area contributed by atoms with Crippen molar-refractivity contribution >= 4 is 29.7 Å². The minimum Gasteiger partial charge on any atom is -0.356 e. The highest BCUT2D eigenvalue weighted by Gasteiger charge is 2.44. The maximum Gasteiger partial charge on any atom is 0.260 e. The third-order valence-corrected chi connectivity index (χ3v) is 10.7. The lowest BCUT2D eigenvalue weighted by atomic mass is 9.83. The first kappa shape index (κ1) is 31.5. The number of carbonyl (C=O) groups excluding carboxylic acids is 2. The standard InChI is InChI=1S/C37H43FN4O2S/c38-32-15-12-30(13-16-32)27-42-33-25-31(14-17-34(33)45-35(37(42)44)24-28-8-3-1-4-9-28)36(43)39-18-7-19-40-20-22-41(23-21-40)26-29-10-5-2-6-11-29/h1-6,8-13,15-16,24,31,33-34H,7,14,17-23,25-27H2,(H,39,43)/b35-24-. The highest BCUT2D eigenvalue weighted by atomic mass is 32.2. The van der Waals surface area contributed by atoms with Crippen LogP contribution in [0.5, 0.6) is 0 Å². The molecule has 6 rings (SSSR count). The highest BCUT2D eigenvalue weighted by molar-refractivity contribution is 8.04. The van der Waals surface area contributed by atoms with E-state index in [1.807, 2.05) is 41.3 Å². The first-order valence-electron chi connectivity index (χ1n) is 16.3. The second-order valence-electron chi connectivity index (χ2n) is 12.5. The number of thioether (sulfide) groups is 1. The third-order valence-electron chi connectivity index (χ3n) is 9.30. The zero-order chi connectivity index (χ0) is 31.0. The van der Waals surface area contributed by atoms with E-state index in [-0.39, 0.29) is 34.8 Å². The van der Waals surface area contributed by atoms with E-state index in [1.165, 1.54) is 17.7 Å². The van der Waals surface area contributed by atoms with Crippen molar-refractivity contribution in [3.05, 3.63) is 112 Å². The summed E-state index contributed by atoms with van der Waals surface area (Å²) in [5.74, 6) is -0.316. The summed E-state index contributed by atoms with van der Waals surface area (Å²) in [5, 5.41) is 3.44. The molecule has 1 N–H and O–H groups in total. The largest absolute Gasteiger partial charge is 0.356 e. The fraction of sp³-hybridized carbons (Fsp3) is 0.405. The number of benzene rings is 3. The molecule has 2 amide bonds. The summed E-state index contributed by atoms with van der Waals surface area (Å²) < 4.78 is 13.6. The molecule has 3 aromatic rings. The van der Waals surface area contributed by atoms with Gasteiger partial charge >= 0.3 is 0 Å². The van der Waals surface area contributed by atoms with Gasteiger partial charge < -0.3 is 15.1 Å². The number of hydrogen-bond acceptors (Lipinski definition) is 5. The molecule has 3 aliphatic rings. The molecule has 2 saturated heterocycles. The van der Waals surface area contributed by atoms with E-state index >= 15 is 0 Å². The van der Waals surface area contributed by atoms with E-state index < -0.39 is 0 Å². The summed E-state index contributed by atoms with van der Waals surface area (Å²) in [6.07, 6.45) is 5.25. The second-order valence-corrected chi connectivity index (χ2v) is 13.7. The van der Waals surface area contributed by atoms with Gasteiger partial charge in [0.1, 0.15) is 5.82 Å². The molecule has 3 unspecified atom stereocenters. The average Bonchev–Trinajstić information content (AvgIpc) is 3.07. The minimum absolute atomic E-state index is 0.0145. The van der Waals surface area contributed by atoms with Crippen LogP contribution in [0.2, 0.25) is 0 Å². The van der Waals surface area contributed by atoms with E-state index in [4.69, 9.17) is 0 Å². The van der Waals surface area contributed by atoms with Crippen molar-refractivity contribution in [1.29, 1.82) is 0 Å². The molecule has 2 heterocycles. The molecule has 6 nitrogen and oxygen atoms in total. The zero-order valence-electron chi connectivity index (χ0n) is 25.8. The molecule has 8 heteroatoms. The Kier molecular flexibility index (Phi) is 10.7. The molecular formula is C37H43FN4O2S. The predicted octanol–water partition coefficient (Wildman–Crippen LogP) is 5.80. The van der Waals surface area contributed by atoms with E-state index in [9.17, 15) is 14.0 Å². The number of nitrogens with one attached hydrogen (secondary N) is 1. The molecule has 3 atom stereocenters. The topological polar surface area (TPSA) is 55.9 Å². The Morgan fingerprint density at radius 3 is 2.24 bits per heavy atom. The number of hydrogen-bond donors (Lipinski definition) is 1. The quantitative estimate of drug-likeness (QED) is 0.228. The summed E-state index contributed by atoms with van der Waals surface area (Å²) in [6, 6.07) is 26.9. The maximum absolute atomic E-state index is 13.9. The summed E-state index contributed by atoms with van der Waals surface area (Å²) in [4.78, 5) is 34.9. The van der Waals surface area contributed by atoms with Gasteiger partial charge in [-0.3, -0.25) is 14.5 Å². The lowest BCUT2D eigenvalue weighted by Crippen LogP contribution is -2.53. The average molecular weight is 627 g/mol. The van der Waals surface area contributed by atoms with Gasteiger partial charge in [-0.1, -0.05) is 72.8 Å². The van der Waals surface area contributed by atoms with Crippen LogP contribution in [0.1, 0.15) is 42.4 Å². The van der Waals surface area contributed by atoms with E-state index in [0.29, 0.717) is 19.5 Å². The Hall–Kier alpha value is -3.46. The van der Waals surface area contributed by atoms with Crippen LogP contribution in [-0.2, 0) is 22.7 Å². The number of fused-ring (bicyclic) bond motifs is 1. The van der Waals surface area contributed by atoms with Crippen LogP contribution in [0.3, 0.4) is 0 Å². The molecule has 0 bridgehead atoms. The number of amides is 2. The van der Waals surface area contributed by atoms with Gasteiger partial charge in [0, 0.05) is 63.0 Å². The van der Waals surface area contributed by atoms with Crippen molar-refractivity contribution in [3.63, 3.8) is 0 Å². The smallest absolute Gasteiger partial charge is 0.260 e. The Morgan fingerprint density at radius 1 is 0.844 bits per heavy atom. The maximum atomic E-state index is 13.9. The lowest BCUT2D eigenvalue weighted by Gasteiger charge is -2.46. The fourth-order valence-corrected chi connectivity index (χ4v) is 8.19. The normalized spacial score (nSPS) is 23.6. The molecule has 1 saturated carbocycles. The highest BCUT2D eigenvalue weighted by Crippen LogP contribution is 2.44. The van der Waals surface area contributed by atoms with Crippen LogP contribution >= 0.6 is 11.8 Å². The van der Waals surface area contributed by atoms with Crippen molar-refractivity contribution in [2.75, 3.05) is 39.3 Å². The van der Waals surface area contributed by atoms with Gasteiger partial charge in [-0.2, -0.15) is 0 Å². The monoisotopic (exact) mass is 626 g/mol. The number of nitrogens with zero attached hydrogens (tertiary/aromatic N) is 3. The molecule has 2 aliphatic heterocycles. The number of halogens is 1. The van der Waals surface area contributed by atoms with Crippen LogP contribution < -0.4 is 5.32 Å². The van der Waals surface area contributed by atoms with Gasteiger partial charge in [0.15, 0.2) is 0 Å². The van der Waals surface area contributed by atoms with Gasteiger partial charge in [0.2, 0.25) is 5.91 Å². The summed E-state index contributed by atoms with van der Waals surface area (Å²) in [5.41, 5.74) is 3.25. The van der Waals surface area contributed by atoms with Crippen molar-refractivity contribution in [3.8, 4) is 0 Å². The Labute approximate surface area is 270 Å². The van der Waals surface area contributed by atoms with E-state index in [0.717, 1.165) is 74.6 Å². The first-order valence-corrected chi connectivity index (χ1v) is 17.1. The van der Waals surface area contributed by atoms with E-state index in [1.54, 1.807) is 23.9 Å². The molecule has 45 heavy (non-hydrogen) atoms. The number of carbonyl (C=O) groups is 2. The molecule has 0 spiro atoms. The fourth-order valence-electron chi connectivity index (χ4n) is 6.77. The minimum atomic E-state index is -0.290. The lowest BCUT2D eigenvalue weighted by molar-refractivity contribution is -0.133. The second kappa shape index (κ2) is 15.2. The Balaban J connectivity index is 1.01. The molecule has 3 fully saturated rings. The summed E-state index contributed by atoms with van der Waals surface area (Å²) in [7, 11) is 0. The summed E-state index contributed by atoms with van der Waals surface area (Å²) >= 11 is 1.66. The van der Waals surface area contributed by atoms with Crippen molar-refractivity contribution in [2.24, 2.45) is 5.92 Å². The molecule has 1 aliphatic carbocycles. The SMILES string of the molecule is O=C(NCCCN1CCN(Cc2ccccc2)CC1)C1CCC2S/C(=C\c3ccccc3)C(=O)N(Cc3ccc(F)cc3)C2C1. The Morgan fingerprint density at radius 2 is 1.51 bits per heavy atom. The van der Waals surface area contributed by atoms with Gasteiger partial charge in [0.25, 0.3) is 5.91 Å². The number of piperazine rings is 1. The predicted molar refractivity (Wildman–Crippen MR) is 180 cm³/mol. The number of rotatable bonds is 10. The first-order chi connectivity index (χ1) is 22.0. The summed E-state index contributed by atoms with van der Waals surface area (Å²) in [6.45, 7) is 7.32. The zero-order valence-corrected chi connectivity index (χ0v) is 26.6. The van der Waals surface area contributed by atoms with Gasteiger partial charge in [0.05, 0.1) is 4.91 Å². The van der Waals surface area contributed by atoms with E-state index in [2.05, 4.69) is 45.4 Å². The molecule has 0 aromatic heterocycles. The Bertz CT molecular complexity index is 1440. The van der Waals surface area contributed by atoms with Crippen LogP contribution in [0.25, 0.3) is 6.08 Å². The van der Waals surface area contributed by atoms with Crippen molar-refractivity contribution in [2.45, 2.75) is 50.1 Å². The van der Waals surface area contributed by atoms with Gasteiger partial charge in [-0.05, 0) is 67.1 Å². The molecule has 0 radical (unpaired) electrons. The molecule has 3 aromatic carbocycles. The van der Waals surface area contributed by atoms with Gasteiger partial charge in [-0.25, -0.2) is 4.39 Å². The molecular weight excluding hydrogens is 583 g/mol. The van der Waals surface area contributed by atoms with Gasteiger partial charge in [-0.15, -0.1) is 11.8 Å². The van der Waals surface area contributed by atoms with Crippen LogP contribution in [-0.4, -0.2) is 77.1 Å². The van der Waals surface area contributed by atoms with Crippen LogP contribution in [0.15, 0.2) is 89.8 Å². The molecule has 236 valence electrons. The van der Waals surface area contributed by atoms with Crippen molar-refractivity contribution < 1.29 is 14.0 Å². The van der Waals surface area contributed by atoms with Crippen LogP contribution in [0.4, 0.5) is 4.39 Å². The van der Waals surface area contributed by atoms with Crippen molar-refractivity contribution in [1.82, 2.24) is 20.0 Å².